The lowest BCUT2D eigenvalue weighted by Gasteiger charge is -2.14. The van der Waals surface area contributed by atoms with Crippen molar-refractivity contribution in [3.8, 4) is 28.6 Å². The van der Waals surface area contributed by atoms with E-state index in [-0.39, 0.29) is 0 Å². The van der Waals surface area contributed by atoms with Gasteiger partial charge in [0, 0.05) is 33.1 Å². The molecule has 8 aromatic rings. The Balaban J connectivity index is 1.43. The summed E-state index contributed by atoms with van der Waals surface area (Å²) in [6, 6.07) is 48.0. The number of fused-ring (bicyclic) bond motifs is 6. The van der Waals surface area contributed by atoms with Crippen LogP contribution in [0, 0.1) is 17.9 Å². The number of nitrogens with zero attached hydrogens (tertiary/aromatic N) is 4. The summed E-state index contributed by atoms with van der Waals surface area (Å²) < 4.78 is 4.59. The molecular formula is C38H22N4. The Morgan fingerprint density at radius 2 is 1.21 bits per heavy atom. The molecule has 0 aliphatic heterocycles. The molecule has 0 unspecified atom stereocenters. The molecule has 0 aliphatic rings. The van der Waals surface area contributed by atoms with Crippen LogP contribution >= 0.6 is 0 Å². The minimum absolute atomic E-state index is 0.611. The third kappa shape index (κ3) is 3.47. The number of aromatic nitrogens is 2. The van der Waals surface area contributed by atoms with Gasteiger partial charge in [0.2, 0.25) is 0 Å². The van der Waals surface area contributed by atoms with E-state index in [9.17, 15) is 5.26 Å². The molecule has 194 valence electrons. The first kappa shape index (κ1) is 23.8. The predicted molar refractivity (Wildman–Crippen MR) is 172 cm³/mol. The van der Waals surface area contributed by atoms with Crippen molar-refractivity contribution in [1.29, 1.82) is 5.26 Å². The molecule has 0 saturated heterocycles. The molecule has 0 aliphatic carbocycles. The van der Waals surface area contributed by atoms with E-state index in [1.165, 1.54) is 21.8 Å². The van der Waals surface area contributed by atoms with Gasteiger partial charge >= 0.3 is 0 Å². The van der Waals surface area contributed by atoms with Crippen LogP contribution in [0.2, 0.25) is 0 Å². The lowest BCUT2D eigenvalue weighted by atomic mass is 10.0. The molecule has 0 spiro atoms. The average Bonchev–Trinajstić information content (AvgIpc) is 3.57. The summed E-state index contributed by atoms with van der Waals surface area (Å²) in [4.78, 5) is 3.70. The molecule has 0 atom stereocenters. The zero-order valence-corrected chi connectivity index (χ0v) is 22.5. The number of hydrogen-bond acceptors (Lipinski definition) is 1. The van der Waals surface area contributed by atoms with E-state index in [0.717, 1.165) is 44.3 Å². The third-order valence-corrected chi connectivity index (χ3v) is 8.15. The fraction of sp³-hybridized carbons (Fsp3) is 0. The van der Waals surface area contributed by atoms with Gasteiger partial charge in [-0.25, -0.2) is 4.85 Å². The van der Waals surface area contributed by atoms with Gasteiger partial charge < -0.3 is 9.13 Å². The monoisotopic (exact) mass is 534 g/mol. The number of nitriles is 1. The second kappa shape index (κ2) is 9.24. The van der Waals surface area contributed by atoms with Crippen LogP contribution in [-0.4, -0.2) is 9.13 Å². The van der Waals surface area contributed by atoms with Crippen molar-refractivity contribution in [2.75, 3.05) is 0 Å². The fourth-order valence-corrected chi connectivity index (χ4v) is 6.33. The quantitative estimate of drug-likeness (QED) is 0.208. The fourth-order valence-electron chi connectivity index (χ4n) is 6.33. The van der Waals surface area contributed by atoms with Crippen LogP contribution in [0.25, 0.3) is 71.0 Å². The van der Waals surface area contributed by atoms with Crippen molar-refractivity contribution < 1.29 is 0 Å². The lowest BCUT2D eigenvalue weighted by molar-refractivity contribution is 1.17. The van der Waals surface area contributed by atoms with Gasteiger partial charge in [-0.2, -0.15) is 5.26 Å². The van der Waals surface area contributed by atoms with Crippen molar-refractivity contribution in [3.63, 3.8) is 0 Å². The minimum Gasteiger partial charge on any atom is -0.309 e. The Hall–Kier alpha value is -6.10. The van der Waals surface area contributed by atoms with E-state index in [1.807, 2.05) is 42.5 Å². The van der Waals surface area contributed by atoms with Crippen LogP contribution in [0.15, 0.2) is 133 Å². The van der Waals surface area contributed by atoms with E-state index < -0.39 is 0 Å². The summed E-state index contributed by atoms with van der Waals surface area (Å²) in [5.74, 6) is 0. The third-order valence-electron chi connectivity index (χ3n) is 8.15. The van der Waals surface area contributed by atoms with Crippen LogP contribution in [0.1, 0.15) is 5.56 Å². The van der Waals surface area contributed by atoms with Gasteiger partial charge in [0.1, 0.15) is 0 Å². The van der Waals surface area contributed by atoms with Crippen molar-refractivity contribution in [1.82, 2.24) is 9.13 Å². The normalized spacial score (nSPS) is 11.3. The first-order valence-electron chi connectivity index (χ1n) is 13.8. The first-order valence-corrected chi connectivity index (χ1v) is 13.8. The maximum absolute atomic E-state index is 9.40. The number of para-hydroxylation sites is 3. The SMILES string of the molecule is [C-]#[N+]c1ccc2c(c1)c1cccc(-c3cccc(-n4c5ccccc5c5ccccc54)c3)c1n2-c1ccc(C#N)cc1. The van der Waals surface area contributed by atoms with Gasteiger partial charge in [0.05, 0.1) is 40.3 Å². The molecule has 0 fully saturated rings. The van der Waals surface area contributed by atoms with Gasteiger partial charge in [-0.3, -0.25) is 0 Å². The van der Waals surface area contributed by atoms with Crippen LogP contribution in [0.5, 0.6) is 0 Å². The van der Waals surface area contributed by atoms with Gasteiger partial charge in [0.15, 0.2) is 5.69 Å². The van der Waals surface area contributed by atoms with E-state index in [1.54, 1.807) is 0 Å². The van der Waals surface area contributed by atoms with Gasteiger partial charge in [-0.05, 0) is 71.6 Å². The molecule has 0 bridgehead atoms. The van der Waals surface area contributed by atoms with E-state index >= 15 is 0 Å². The molecule has 0 amide bonds. The van der Waals surface area contributed by atoms with Crippen LogP contribution in [0.3, 0.4) is 0 Å². The Bertz CT molecular complexity index is 2370. The molecule has 42 heavy (non-hydrogen) atoms. The zero-order valence-electron chi connectivity index (χ0n) is 22.5. The topological polar surface area (TPSA) is 38.0 Å². The standard InChI is InChI=1S/C38H22N4/c1-40-27-18-21-37-34(23-27)33-13-7-12-30(38(33)42(37)28-19-16-25(24-39)17-20-28)26-8-6-9-29(22-26)41-35-14-4-2-10-31(35)32-11-3-5-15-36(32)41/h2-23H. The summed E-state index contributed by atoms with van der Waals surface area (Å²) >= 11 is 0. The van der Waals surface area contributed by atoms with E-state index in [4.69, 9.17) is 6.57 Å². The highest BCUT2D eigenvalue weighted by atomic mass is 15.0. The molecule has 2 heterocycles. The van der Waals surface area contributed by atoms with Gasteiger partial charge in [-0.1, -0.05) is 72.8 Å². The second-order valence-electron chi connectivity index (χ2n) is 10.4. The molecule has 2 aromatic heterocycles. The average molecular weight is 535 g/mol. The molecule has 8 rings (SSSR count). The zero-order chi connectivity index (χ0) is 28.2. The van der Waals surface area contributed by atoms with Crippen LogP contribution in [0.4, 0.5) is 5.69 Å². The lowest BCUT2D eigenvalue weighted by Crippen LogP contribution is -1.97. The largest absolute Gasteiger partial charge is 0.309 e. The highest BCUT2D eigenvalue weighted by Gasteiger charge is 2.18. The highest BCUT2D eigenvalue weighted by molar-refractivity contribution is 6.15. The van der Waals surface area contributed by atoms with Crippen molar-refractivity contribution >= 4 is 49.3 Å². The Morgan fingerprint density at radius 1 is 0.548 bits per heavy atom. The van der Waals surface area contributed by atoms with Gasteiger partial charge in [0.25, 0.3) is 0 Å². The summed E-state index contributed by atoms with van der Waals surface area (Å²) in [5.41, 5.74) is 9.93. The summed E-state index contributed by atoms with van der Waals surface area (Å²) in [6.07, 6.45) is 0. The molecule has 0 radical (unpaired) electrons. The number of benzene rings is 6. The molecule has 0 N–H and O–H groups in total. The van der Waals surface area contributed by atoms with E-state index in [2.05, 4.69) is 111 Å². The molecular weight excluding hydrogens is 512 g/mol. The van der Waals surface area contributed by atoms with Crippen molar-refractivity contribution in [3.05, 3.63) is 150 Å². The van der Waals surface area contributed by atoms with E-state index in [0.29, 0.717) is 11.3 Å². The smallest absolute Gasteiger partial charge is 0.188 e. The van der Waals surface area contributed by atoms with Crippen molar-refractivity contribution in [2.24, 2.45) is 0 Å². The van der Waals surface area contributed by atoms with Crippen LogP contribution in [-0.2, 0) is 0 Å². The number of rotatable bonds is 3. The second-order valence-corrected chi connectivity index (χ2v) is 10.4. The minimum atomic E-state index is 0.611. The Morgan fingerprint density at radius 3 is 1.93 bits per heavy atom. The van der Waals surface area contributed by atoms with Crippen LogP contribution < -0.4 is 0 Å². The summed E-state index contributed by atoms with van der Waals surface area (Å²) in [6.45, 7) is 7.61. The number of hydrogen-bond donors (Lipinski definition) is 0. The molecule has 0 saturated carbocycles. The van der Waals surface area contributed by atoms with Gasteiger partial charge in [-0.15, -0.1) is 0 Å². The molecule has 4 heteroatoms. The first-order chi connectivity index (χ1) is 20.7. The van der Waals surface area contributed by atoms with Crippen molar-refractivity contribution in [2.45, 2.75) is 0 Å². The molecule has 6 aromatic carbocycles. The Labute approximate surface area is 242 Å². The summed E-state index contributed by atoms with van der Waals surface area (Å²) in [5, 5.41) is 14.0. The summed E-state index contributed by atoms with van der Waals surface area (Å²) in [7, 11) is 0. The maximum Gasteiger partial charge on any atom is 0.188 e. The highest BCUT2D eigenvalue weighted by Crippen LogP contribution is 2.40. The predicted octanol–water partition coefficient (Wildman–Crippen LogP) is 9.97. The molecule has 4 nitrogen and oxygen atoms in total. The Kier molecular flexibility index (Phi) is 5.22. The maximum atomic E-state index is 9.40.